The Bertz CT molecular complexity index is 603. The average Bonchev–Trinajstić information content (AvgIpc) is 2.40. The number of aromatic nitrogens is 1. The monoisotopic (exact) mass is 323 g/mol. The number of halogens is 2. The molecule has 2 atom stereocenters. The summed E-state index contributed by atoms with van der Waals surface area (Å²) >= 11 is 3.32. The number of ether oxygens (including phenoxy) is 1. The summed E-state index contributed by atoms with van der Waals surface area (Å²) in [4.78, 5) is 4.27. The summed E-state index contributed by atoms with van der Waals surface area (Å²) in [5, 5.41) is 10.1. The molecule has 19 heavy (non-hydrogen) atoms. The topological polar surface area (TPSA) is 42.4 Å². The van der Waals surface area contributed by atoms with E-state index in [1.165, 1.54) is 12.1 Å². The molecule has 1 unspecified atom stereocenters. The van der Waals surface area contributed by atoms with Gasteiger partial charge >= 0.3 is 0 Å². The lowest BCUT2D eigenvalue weighted by Gasteiger charge is -2.29. The van der Waals surface area contributed by atoms with Gasteiger partial charge in [0.1, 0.15) is 17.7 Å². The van der Waals surface area contributed by atoms with Crippen molar-refractivity contribution < 1.29 is 14.2 Å². The van der Waals surface area contributed by atoms with E-state index in [1.54, 1.807) is 12.3 Å². The molecule has 2 heterocycles. The number of nitrogens with zero attached hydrogens (tertiary/aromatic N) is 1. The maximum Gasteiger partial charge on any atom is 0.143 e. The van der Waals surface area contributed by atoms with Crippen molar-refractivity contribution in [1.82, 2.24) is 4.98 Å². The first-order valence-corrected chi connectivity index (χ1v) is 6.68. The van der Waals surface area contributed by atoms with Crippen LogP contribution in [-0.4, -0.2) is 10.1 Å². The summed E-state index contributed by atoms with van der Waals surface area (Å²) in [6, 6.07) is 7.89. The SMILES string of the molecule is O[C@@H]1CC(c2ccc(Br)cn2)Oc2ccc(F)cc21. The van der Waals surface area contributed by atoms with Crippen LogP contribution in [-0.2, 0) is 0 Å². The summed E-state index contributed by atoms with van der Waals surface area (Å²) in [7, 11) is 0. The predicted molar refractivity (Wildman–Crippen MR) is 71.3 cm³/mol. The first-order valence-electron chi connectivity index (χ1n) is 5.89. The van der Waals surface area contributed by atoms with Crippen molar-refractivity contribution in [2.24, 2.45) is 0 Å². The number of aliphatic hydroxyl groups is 1. The molecule has 2 aromatic rings. The second-order valence-corrected chi connectivity index (χ2v) is 5.36. The standard InChI is InChI=1S/C14H11BrFNO2/c15-8-1-3-11(17-7-8)14-6-12(18)10-5-9(16)2-4-13(10)19-14/h1-5,7,12,14,18H,6H2/t12-,14?/m1/s1. The van der Waals surface area contributed by atoms with E-state index < -0.39 is 6.10 Å². The van der Waals surface area contributed by atoms with Crippen LogP contribution in [0, 0.1) is 5.82 Å². The van der Waals surface area contributed by atoms with Crippen LogP contribution in [0.4, 0.5) is 4.39 Å². The van der Waals surface area contributed by atoms with Gasteiger partial charge in [0.2, 0.25) is 0 Å². The third-order valence-electron chi connectivity index (χ3n) is 3.12. The van der Waals surface area contributed by atoms with Gasteiger partial charge in [-0.1, -0.05) is 0 Å². The van der Waals surface area contributed by atoms with Crippen LogP contribution in [0.2, 0.25) is 0 Å². The van der Waals surface area contributed by atoms with Crippen LogP contribution in [0.3, 0.4) is 0 Å². The maximum atomic E-state index is 13.1. The van der Waals surface area contributed by atoms with E-state index in [0.29, 0.717) is 17.7 Å². The quantitative estimate of drug-likeness (QED) is 0.872. The first kappa shape index (κ1) is 12.6. The fourth-order valence-electron chi connectivity index (χ4n) is 2.18. The molecular formula is C14H11BrFNO2. The van der Waals surface area contributed by atoms with Crippen molar-refractivity contribution in [3.63, 3.8) is 0 Å². The summed E-state index contributed by atoms with van der Waals surface area (Å²) < 4.78 is 19.8. The van der Waals surface area contributed by atoms with E-state index in [-0.39, 0.29) is 11.9 Å². The van der Waals surface area contributed by atoms with Gasteiger partial charge in [-0.25, -0.2) is 4.39 Å². The Morgan fingerprint density at radius 1 is 1.32 bits per heavy atom. The zero-order valence-electron chi connectivity index (χ0n) is 9.88. The Balaban J connectivity index is 1.92. The van der Waals surface area contributed by atoms with E-state index in [1.807, 2.05) is 12.1 Å². The fourth-order valence-corrected chi connectivity index (χ4v) is 2.41. The molecule has 0 fully saturated rings. The predicted octanol–water partition coefficient (Wildman–Crippen LogP) is 3.54. The Labute approximate surface area is 118 Å². The Hall–Kier alpha value is -1.46. The van der Waals surface area contributed by atoms with Gasteiger partial charge in [-0.2, -0.15) is 0 Å². The average molecular weight is 324 g/mol. The second-order valence-electron chi connectivity index (χ2n) is 4.44. The number of fused-ring (bicyclic) bond motifs is 1. The van der Waals surface area contributed by atoms with Gasteiger partial charge in [-0.05, 0) is 46.3 Å². The zero-order valence-corrected chi connectivity index (χ0v) is 11.5. The van der Waals surface area contributed by atoms with Gasteiger partial charge < -0.3 is 9.84 Å². The molecule has 3 rings (SSSR count). The van der Waals surface area contributed by atoms with Crippen molar-refractivity contribution in [3.8, 4) is 5.75 Å². The van der Waals surface area contributed by atoms with Crippen molar-refractivity contribution >= 4 is 15.9 Å². The minimum atomic E-state index is -0.741. The van der Waals surface area contributed by atoms with Crippen LogP contribution in [0.25, 0.3) is 0 Å². The Morgan fingerprint density at radius 2 is 2.16 bits per heavy atom. The minimum absolute atomic E-state index is 0.318. The highest BCUT2D eigenvalue weighted by molar-refractivity contribution is 9.10. The molecule has 0 saturated heterocycles. The van der Waals surface area contributed by atoms with E-state index >= 15 is 0 Å². The Morgan fingerprint density at radius 3 is 2.89 bits per heavy atom. The lowest BCUT2D eigenvalue weighted by molar-refractivity contribution is 0.0633. The van der Waals surface area contributed by atoms with E-state index in [4.69, 9.17) is 4.74 Å². The molecule has 0 spiro atoms. The van der Waals surface area contributed by atoms with Crippen molar-refractivity contribution in [2.75, 3.05) is 0 Å². The van der Waals surface area contributed by atoms with Crippen LogP contribution >= 0.6 is 15.9 Å². The number of rotatable bonds is 1. The minimum Gasteiger partial charge on any atom is -0.484 e. The highest BCUT2D eigenvalue weighted by Gasteiger charge is 2.29. The fraction of sp³-hybridized carbons (Fsp3) is 0.214. The molecule has 3 nitrogen and oxygen atoms in total. The lowest BCUT2D eigenvalue weighted by Crippen LogP contribution is -2.20. The molecule has 0 radical (unpaired) electrons. The molecular weight excluding hydrogens is 313 g/mol. The van der Waals surface area contributed by atoms with E-state index in [2.05, 4.69) is 20.9 Å². The number of benzene rings is 1. The van der Waals surface area contributed by atoms with Crippen LogP contribution in [0.5, 0.6) is 5.75 Å². The second kappa shape index (κ2) is 4.90. The molecule has 1 aromatic carbocycles. The molecule has 5 heteroatoms. The van der Waals surface area contributed by atoms with Crippen LogP contribution < -0.4 is 4.74 Å². The highest BCUT2D eigenvalue weighted by Crippen LogP contribution is 2.40. The third-order valence-corrected chi connectivity index (χ3v) is 3.59. The van der Waals surface area contributed by atoms with Crippen LogP contribution in [0.1, 0.15) is 29.9 Å². The van der Waals surface area contributed by atoms with Gasteiger partial charge in [-0.3, -0.25) is 4.98 Å². The summed E-state index contributed by atoms with van der Waals surface area (Å²) in [6.45, 7) is 0. The molecule has 0 bridgehead atoms. The molecule has 0 amide bonds. The van der Waals surface area contributed by atoms with Gasteiger partial charge in [-0.15, -0.1) is 0 Å². The number of hydrogen-bond donors (Lipinski definition) is 1. The molecule has 1 aliphatic heterocycles. The number of hydrogen-bond acceptors (Lipinski definition) is 3. The molecule has 98 valence electrons. The largest absolute Gasteiger partial charge is 0.484 e. The highest BCUT2D eigenvalue weighted by atomic mass is 79.9. The van der Waals surface area contributed by atoms with Gasteiger partial charge in [0, 0.05) is 22.7 Å². The molecule has 1 aromatic heterocycles. The van der Waals surface area contributed by atoms with Crippen molar-refractivity contribution in [3.05, 3.63) is 58.1 Å². The lowest BCUT2D eigenvalue weighted by atomic mass is 9.97. The van der Waals surface area contributed by atoms with E-state index in [9.17, 15) is 9.50 Å². The summed E-state index contributed by atoms with van der Waals surface area (Å²) in [5.74, 6) is 0.136. The summed E-state index contributed by atoms with van der Waals surface area (Å²) in [5.41, 5.74) is 1.24. The van der Waals surface area contributed by atoms with Gasteiger partial charge in [0.15, 0.2) is 0 Å². The molecule has 0 saturated carbocycles. The van der Waals surface area contributed by atoms with Crippen molar-refractivity contribution in [2.45, 2.75) is 18.6 Å². The molecule has 0 aliphatic carbocycles. The van der Waals surface area contributed by atoms with E-state index in [0.717, 1.165) is 10.2 Å². The molecule has 1 aliphatic rings. The smallest absolute Gasteiger partial charge is 0.143 e. The first-order chi connectivity index (χ1) is 9.13. The summed E-state index contributed by atoms with van der Waals surface area (Å²) in [6.07, 6.45) is 0.993. The Kier molecular flexibility index (Phi) is 3.24. The third kappa shape index (κ3) is 2.48. The zero-order chi connectivity index (χ0) is 13.4. The number of pyridine rings is 1. The van der Waals surface area contributed by atoms with Crippen molar-refractivity contribution in [1.29, 1.82) is 0 Å². The van der Waals surface area contributed by atoms with Crippen LogP contribution in [0.15, 0.2) is 41.0 Å². The van der Waals surface area contributed by atoms with Gasteiger partial charge in [0.05, 0.1) is 11.8 Å². The number of aliphatic hydroxyl groups excluding tert-OH is 1. The molecule has 1 N–H and O–H groups in total. The maximum absolute atomic E-state index is 13.1. The normalized spacial score (nSPS) is 21.6. The van der Waals surface area contributed by atoms with Gasteiger partial charge in [0.25, 0.3) is 0 Å².